The highest BCUT2D eigenvalue weighted by Gasteiger charge is 2.24. The first-order valence-corrected chi connectivity index (χ1v) is 44.0. The third kappa shape index (κ3) is 72.4. The Bertz CT molecular complexity index is 2030. The number of carbonyl (C=O) groups excluding carboxylic acids is 9. The zero-order chi connectivity index (χ0) is 78.2. The Morgan fingerprint density at radius 3 is 0.869 bits per heavy atom. The van der Waals surface area contributed by atoms with Crippen LogP contribution in [0.1, 0.15) is 387 Å². The molecule has 0 aromatic rings. The monoisotopic (exact) mass is 1520 g/mol. The van der Waals surface area contributed by atoms with Gasteiger partial charge in [-0.05, 0) is 51.4 Å². The molecule has 0 aliphatic heterocycles. The van der Waals surface area contributed by atoms with Crippen LogP contribution in [0.5, 0.6) is 0 Å². The highest BCUT2D eigenvalue weighted by Crippen LogP contribution is 2.18. The normalized spacial score (nSPS) is 11.5. The molecule has 0 heterocycles. The topological polar surface area (TPSA) is 261 Å². The molecule has 0 spiro atoms. The maximum Gasteiger partial charge on any atom is 0.305 e. The molecule has 0 aliphatic carbocycles. The minimum atomic E-state index is -0.963. The van der Waals surface area contributed by atoms with Crippen molar-refractivity contribution >= 4 is 53.4 Å². The van der Waals surface area contributed by atoms with Crippen LogP contribution in [0.25, 0.3) is 0 Å². The first kappa shape index (κ1) is 102. The lowest BCUT2D eigenvalue weighted by Crippen LogP contribution is -2.47. The molecule has 0 rings (SSSR count). The van der Waals surface area contributed by atoms with Gasteiger partial charge < -0.3 is 58.9 Å². The molecule has 21 heteroatoms. The molecule has 0 saturated carbocycles. The van der Waals surface area contributed by atoms with Gasteiger partial charge in [-0.1, -0.05) is 285 Å². The molecule has 0 saturated heterocycles. The third-order valence-corrected chi connectivity index (χ3v) is 19.7. The van der Waals surface area contributed by atoms with Gasteiger partial charge in [0.1, 0.15) is 32.5 Å². The number of amides is 5. The molecule has 0 aromatic carbocycles. The molecule has 1 atom stereocenters. The Labute approximate surface area is 651 Å². The molecular formula is C86H161N5O16. The summed E-state index contributed by atoms with van der Waals surface area (Å²) in [5.41, 5.74) is 0. The van der Waals surface area contributed by atoms with Crippen LogP contribution >= 0.6 is 0 Å². The fourth-order valence-electron chi connectivity index (χ4n) is 12.9. The number of methoxy groups -OCH3 is 1. The summed E-state index contributed by atoms with van der Waals surface area (Å²) in [5.74, 6) is -3.32. The van der Waals surface area contributed by atoms with Crippen LogP contribution in [0, 0.1) is 0 Å². The quantitative estimate of drug-likeness (QED) is 0.0290. The number of esters is 4. The molecule has 0 unspecified atom stereocenters. The molecule has 21 nitrogen and oxygen atoms in total. The Morgan fingerprint density at radius 1 is 0.271 bits per heavy atom. The molecule has 5 amide bonds. The van der Waals surface area contributed by atoms with Crippen molar-refractivity contribution in [2.45, 2.75) is 393 Å². The number of hydrogen-bond donors (Lipinski definition) is 3. The van der Waals surface area contributed by atoms with Crippen LogP contribution in [0.3, 0.4) is 0 Å². The number of hydrogen-bond acceptors (Lipinski definition) is 16. The van der Waals surface area contributed by atoms with Crippen LogP contribution < -0.4 is 16.0 Å². The van der Waals surface area contributed by atoms with Crippen LogP contribution in [-0.2, 0) is 76.3 Å². The Kier molecular flexibility index (Phi) is 76.9. The predicted octanol–water partition coefficient (Wildman–Crippen LogP) is 18.1. The predicted molar refractivity (Wildman–Crippen MR) is 430 cm³/mol. The summed E-state index contributed by atoms with van der Waals surface area (Å²) in [6, 6.07) is -0.963. The highest BCUT2D eigenvalue weighted by atomic mass is 16.6. The zero-order valence-electron chi connectivity index (χ0n) is 69.2. The number of nitrogens with one attached hydrogen (secondary N) is 3. The average molecular weight is 1520 g/mol. The molecule has 0 fully saturated rings. The van der Waals surface area contributed by atoms with Crippen molar-refractivity contribution in [2.24, 2.45) is 0 Å². The van der Waals surface area contributed by atoms with Gasteiger partial charge in [-0.3, -0.25) is 43.2 Å². The number of rotatable bonds is 83. The number of nitrogens with zero attached hydrogens (tertiary/aromatic N) is 2. The second-order valence-corrected chi connectivity index (χ2v) is 29.6. The van der Waals surface area contributed by atoms with Crippen molar-refractivity contribution in [1.82, 2.24) is 25.8 Å². The first-order chi connectivity index (χ1) is 52.3. The Hall–Kier alpha value is -4.89. The largest absolute Gasteiger partial charge is 0.464 e. The van der Waals surface area contributed by atoms with Gasteiger partial charge in [0.15, 0.2) is 0 Å². The van der Waals surface area contributed by atoms with E-state index >= 15 is 0 Å². The standard InChI is InChI=1S/C86H161N5O16/c1-6-10-14-18-22-26-30-34-38-42-46-54-82(96)104-69-64-90(65-70-105-83(97)55-47-43-39-35-31-27-23-19-15-11-7-2)80(94)60-58-78(92)87-62-51-50-53-77(86(100)88-63-52-68-102-75-76-103-74-73-101-5)89-79(93)59-61-81(95)91(66-71-106-84(98)56-48-44-40-36-32-28-24-20-16-12-8-3)67-72-107-85(99)57-49-45-41-37-33-29-25-21-17-13-9-4/h77H,6-76H2,1-5H3,(H,87,92)(H,88,100)(H,89,93)/t77-/m0/s1. The van der Waals surface area contributed by atoms with E-state index in [-0.39, 0.29) is 146 Å². The summed E-state index contributed by atoms with van der Waals surface area (Å²) in [6.07, 6.45) is 53.5. The first-order valence-electron chi connectivity index (χ1n) is 44.0. The summed E-state index contributed by atoms with van der Waals surface area (Å²) in [4.78, 5) is 122. The van der Waals surface area contributed by atoms with Crippen molar-refractivity contribution < 1.29 is 76.3 Å². The van der Waals surface area contributed by atoms with Crippen molar-refractivity contribution in [1.29, 1.82) is 0 Å². The lowest BCUT2D eigenvalue weighted by atomic mass is 10.1. The molecule has 0 aliphatic rings. The molecule has 0 bridgehead atoms. The van der Waals surface area contributed by atoms with E-state index in [0.717, 1.165) is 103 Å². The summed E-state index contributed by atoms with van der Waals surface area (Å²) < 4.78 is 38.4. The van der Waals surface area contributed by atoms with Crippen LogP contribution in [-0.4, -0.2) is 175 Å². The summed E-state index contributed by atoms with van der Waals surface area (Å²) >= 11 is 0. The van der Waals surface area contributed by atoms with Gasteiger partial charge in [0, 0.05) is 78.2 Å². The third-order valence-electron chi connectivity index (χ3n) is 19.7. The maximum atomic E-state index is 13.9. The molecule has 3 N–H and O–H groups in total. The van der Waals surface area contributed by atoms with Crippen LogP contribution in [0.2, 0.25) is 0 Å². The van der Waals surface area contributed by atoms with Gasteiger partial charge in [-0.15, -0.1) is 0 Å². The molecule has 626 valence electrons. The molecule has 0 radical (unpaired) electrons. The lowest BCUT2D eigenvalue weighted by Gasteiger charge is -2.23. The highest BCUT2D eigenvalue weighted by molar-refractivity contribution is 5.89. The van der Waals surface area contributed by atoms with E-state index in [1.807, 2.05) is 0 Å². The van der Waals surface area contributed by atoms with Crippen LogP contribution in [0.15, 0.2) is 0 Å². The maximum absolute atomic E-state index is 13.9. The van der Waals surface area contributed by atoms with Crippen LogP contribution in [0.4, 0.5) is 0 Å². The summed E-state index contributed by atoms with van der Waals surface area (Å²) in [5, 5.41) is 8.62. The number of carbonyl (C=O) groups is 9. The van der Waals surface area contributed by atoms with Gasteiger partial charge in [0.05, 0.1) is 52.6 Å². The molecular weight excluding hydrogens is 1360 g/mol. The van der Waals surface area contributed by atoms with Crippen molar-refractivity contribution in [3.05, 3.63) is 0 Å². The van der Waals surface area contributed by atoms with E-state index in [1.165, 1.54) is 190 Å². The Morgan fingerprint density at radius 2 is 0.551 bits per heavy atom. The molecule has 0 aromatic heterocycles. The van der Waals surface area contributed by atoms with Gasteiger partial charge in [-0.2, -0.15) is 0 Å². The average Bonchev–Trinajstić information content (AvgIpc) is 0.918. The summed E-state index contributed by atoms with van der Waals surface area (Å²) in [6.45, 7) is 11.7. The van der Waals surface area contributed by atoms with Gasteiger partial charge in [-0.25, -0.2) is 0 Å². The van der Waals surface area contributed by atoms with E-state index in [1.54, 1.807) is 7.11 Å². The van der Waals surface area contributed by atoms with Gasteiger partial charge >= 0.3 is 23.9 Å². The minimum Gasteiger partial charge on any atom is -0.464 e. The Balaban J connectivity index is 5.72. The van der Waals surface area contributed by atoms with E-state index in [4.69, 9.17) is 33.2 Å². The number of unbranched alkanes of at least 4 members (excludes halogenated alkanes) is 41. The van der Waals surface area contributed by atoms with Crippen molar-refractivity contribution in [2.75, 3.05) is 106 Å². The van der Waals surface area contributed by atoms with Gasteiger partial charge in [0.2, 0.25) is 29.5 Å². The van der Waals surface area contributed by atoms with Crippen molar-refractivity contribution in [3.63, 3.8) is 0 Å². The van der Waals surface area contributed by atoms with Gasteiger partial charge in [0.25, 0.3) is 0 Å². The van der Waals surface area contributed by atoms with E-state index < -0.39 is 23.8 Å². The van der Waals surface area contributed by atoms with E-state index in [2.05, 4.69) is 43.6 Å². The molecule has 107 heavy (non-hydrogen) atoms. The lowest BCUT2D eigenvalue weighted by molar-refractivity contribution is -0.148. The van der Waals surface area contributed by atoms with E-state index in [0.29, 0.717) is 65.1 Å². The zero-order valence-corrected chi connectivity index (χ0v) is 69.2. The fourth-order valence-corrected chi connectivity index (χ4v) is 12.9. The second kappa shape index (κ2) is 80.6. The minimum absolute atomic E-state index is 0.0169. The van der Waals surface area contributed by atoms with E-state index in [9.17, 15) is 43.2 Å². The van der Waals surface area contributed by atoms with Crippen molar-refractivity contribution in [3.8, 4) is 0 Å². The SMILES string of the molecule is CCCCCCCCCCCCCC(=O)OCCN(CCOC(=O)CCCCCCCCCCCCC)C(=O)CCC(=O)NCCCC[C@H](NC(=O)CCC(=O)N(CCOC(=O)CCCCCCCCCCCCC)CCOC(=O)CCCCCCCCCCCCC)C(=O)NCCCOCCOCCOC. The second-order valence-electron chi connectivity index (χ2n) is 29.6. The number of ether oxygens (including phenoxy) is 7. The smallest absolute Gasteiger partial charge is 0.305 e. The fraction of sp³-hybridized carbons (Fsp3) is 0.895. The summed E-state index contributed by atoms with van der Waals surface area (Å²) in [7, 11) is 1.60.